The van der Waals surface area contributed by atoms with Crippen molar-refractivity contribution in [3.63, 3.8) is 0 Å². The second-order valence-corrected chi connectivity index (χ2v) is 5.36. The lowest BCUT2D eigenvalue weighted by Gasteiger charge is -2.14. The smallest absolute Gasteiger partial charge is 0.361 e. The number of carbonyl (C=O) groups is 2. The van der Waals surface area contributed by atoms with Crippen LogP contribution in [-0.2, 0) is 9.53 Å². The van der Waals surface area contributed by atoms with Crippen LogP contribution in [0.3, 0.4) is 0 Å². The third-order valence-corrected chi connectivity index (χ3v) is 3.47. The van der Waals surface area contributed by atoms with Crippen LogP contribution in [-0.4, -0.2) is 16.9 Å². The van der Waals surface area contributed by atoms with Crippen LogP contribution >= 0.6 is 0 Å². The van der Waals surface area contributed by atoms with E-state index < -0.39 is 12.1 Å². The molecule has 7 heteroatoms. The van der Waals surface area contributed by atoms with Crippen molar-refractivity contribution in [3.05, 3.63) is 60.3 Å². The number of amides is 1. The lowest BCUT2D eigenvalue weighted by atomic mass is 10.1. The summed E-state index contributed by atoms with van der Waals surface area (Å²) in [5.74, 6) is -0.191. The number of hydrogen-bond acceptors (Lipinski definition) is 6. The highest BCUT2D eigenvalue weighted by molar-refractivity contribution is 5.93. The number of nitrogens with zero attached hydrogens (tertiary/aromatic N) is 1. The van der Waals surface area contributed by atoms with E-state index in [0.717, 1.165) is 12.0 Å². The van der Waals surface area contributed by atoms with Crippen molar-refractivity contribution < 1.29 is 23.2 Å². The van der Waals surface area contributed by atoms with Crippen molar-refractivity contribution in [3.8, 4) is 11.5 Å². The van der Waals surface area contributed by atoms with E-state index in [1.54, 1.807) is 43.3 Å². The fraction of sp³-hybridized carbons (Fsp3) is 0.167. The molecule has 1 aromatic carbocycles. The van der Waals surface area contributed by atoms with Crippen LogP contribution in [0.1, 0.15) is 36.0 Å². The minimum Gasteiger partial charge on any atom is -0.461 e. The highest BCUT2D eigenvalue weighted by Gasteiger charge is 2.23. The molecule has 2 heterocycles. The molecule has 0 spiro atoms. The molecule has 25 heavy (non-hydrogen) atoms. The Kier molecular flexibility index (Phi) is 4.65. The summed E-state index contributed by atoms with van der Waals surface area (Å²) in [6.07, 6.45) is 2.10. The topological polar surface area (TPSA) is 94.6 Å². The van der Waals surface area contributed by atoms with Gasteiger partial charge in [-0.15, -0.1) is 0 Å². The van der Waals surface area contributed by atoms with Crippen LogP contribution < -0.4 is 5.32 Å². The van der Waals surface area contributed by atoms with Gasteiger partial charge in [-0.25, -0.2) is 9.78 Å². The van der Waals surface area contributed by atoms with Crippen molar-refractivity contribution in [2.45, 2.75) is 20.0 Å². The van der Waals surface area contributed by atoms with Crippen LogP contribution in [0, 0.1) is 0 Å². The maximum Gasteiger partial charge on any atom is 0.361 e. The lowest BCUT2D eigenvalue weighted by molar-refractivity contribution is -0.114. The molecule has 0 fully saturated rings. The molecule has 0 aliphatic carbocycles. The van der Waals surface area contributed by atoms with Gasteiger partial charge in [0.25, 0.3) is 0 Å². The van der Waals surface area contributed by atoms with E-state index in [9.17, 15) is 9.59 Å². The summed E-state index contributed by atoms with van der Waals surface area (Å²) in [5.41, 5.74) is 1.41. The molecular formula is C18H16N2O5. The molecule has 128 valence electrons. The summed E-state index contributed by atoms with van der Waals surface area (Å²) in [5, 5.41) is 2.69. The summed E-state index contributed by atoms with van der Waals surface area (Å²) in [4.78, 5) is 27.5. The van der Waals surface area contributed by atoms with Gasteiger partial charge in [0.2, 0.25) is 11.7 Å². The van der Waals surface area contributed by atoms with Crippen LogP contribution in [0.4, 0.5) is 5.69 Å². The number of oxazole rings is 1. The summed E-state index contributed by atoms with van der Waals surface area (Å²) >= 11 is 0. The monoisotopic (exact) mass is 340 g/mol. The van der Waals surface area contributed by atoms with E-state index in [2.05, 4.69) is 10.3 Å². The van der Waals surface area contributed by atoms with Crippen LogP contribution in [0.5, 0.6) is 0 Å². The normalized spacial score (nSPS) is 11.8. The third kappa shape index (κ3) is 3.77. The van der Waals surface area contributed by atoms with Gasteiger partial charge in [0.05, 0.1) is 6.26 Å². The van der Waals surface area contributed by atoms with Gasteiger partial charge < -0.3 is 18.9 Å². The molecule has 1 atom stereocenters. The molecule has 2 aromatic heterocycles. The van der Waals surface area contributed by atoms with Crippen LogP contribution in [0.15, 0.2) is 57.9 Å². The zero-order chi connectivity index (χ0) is 17.8. The van der Waals surface area contributed by atoms with Gasteiger partial charge in [0.15, 0.2) is 17.8 Å². The van der Waals surface area contributed by atoms with Crippen molar-refractivity contribution >= 4 is 17.6 Å². The van der Waals surface area contributed by atoms with Gasteiger partial charge in [-0.2, -0.15) is 0 Å². The SMILES string of the molecule is CC(=O)Nc1cccc([C@@H](C)OC(=O)c2ncoc2-c2ccco2)c1. The number of benzene rings is 1. The predicted molar refractivity (Wildman–Crippen MR) is 88.8 cm³/mol. The Bertz CT molecular complexity index is 883. The molecule has 7 nitrogen and oxygen atoms in total. The first-order valence-corrected chi connectivity index (χ1v) is 7.60. The second-order valence-electron chi connectivity index (χ2n) is 5.36. The molecule has 3 aromatic rings. The van der Waals surface area contributed by atoms with E-state index in [-0.39, 0.29) is 17.4 Å². The first kappa shape index (κ1) is 16.5. The summed E-state index contributed by atoms with van der Waals surface area (Å²) in [7, 11) is 0. The molecule has 0 bridgehead atoms. The third-order valence-electron chi connectivity index (χ3n) is 3.47. The zero-order valence-corrected chi connectivity index (χ0v) is 13.7. The largest absolute Gasteiger partial charge is 0.461 e. The standard InChI is InChI=1S/C18H16N2O5/c1-11(13-5-3-6-14(9-13)20-12(2)21)25-18(22)16-17(24-10-19-16)15-7-4-8-23-15/h3-11H,1-2H3,(H,20,21)/t11-/m1/s1. The van der Waals surface area contributed by atoms with Crippen molar-refractivity contribution in [2.75, 3.05) is 5.32 Å². The van der Waals surface area contributed by atoms with Crippen LogP contribution in [0.2, 0.25) is 0 Å². The number of nitrogens with one attached hydrogen (secondary N) is 1. The quantitative estimate of drug-likeness (QED) is 0.710. The second kappa shape index (κ2) is 7.04. The van der Waals surface area contributed by atoms with Crippen molar-refractivity contribution in [1.29, 1.82) is 0 Å². The molecular weight excluding hydrogens is 324 g/mol. The van der Waals surface area contributed by atoms with Crippen molar-refractivity contribution in [1.82, 2.24) is 4.98 Å². The summed E-state index contributed by atoms with van der Waals surface area (Å²) in [6, 6.07) is 10.4. The number of rotatable bonds is 5. The molecule has 1 amide bonds. The zero-order valence-electron chi connectivity index (χ0n) is 13.7. The fourth-order valence-electron chi connectivity index (χ4n) is 2.33. The number of anilines is 1. The summed E-state index contributed by atoms with van der Waals surface area (Å²) in [6.45, 7) is 3.16. The first-order chi connectivity index (χ1) is 12.0. The average Bonchev–Trinajstić information content (AvgIpc) is 3.25. The molecule has 0 unspecified atom stereocenters. The molecule has 0 aliphatic rings. The Hall–Kier alpha value is -3.35. The number of carbonyl (C=O) groups excluding carboxylic acids is 2. The molecule has 0 aliphatic heterocycles. The molecule has 0 radical (unpaired) electrons. The number of ether oxygens (including phenoxy) is 1. The van der Waals surface area contributed by atoms with Gasteiger partial charge in [-0.05, 0) is 36.8 Å². The van der Waals surface area contributed by atoms with Gasteiger partial charge in [0.1, 0.15) is 6.10 Å². The Balaban J connectivity index is 1.76. The van der Waals surface area contributed by atoms with Crippen LogP contribution in [0.25, 0.3) is 11.5 Å². The number of furan rings is 1. The first-order valence-electron chi connectivity index (χ1n) is 7.60. The molecule has 3 rings (SSSR count). The average molecular weight is 340 g/mol. The number of hydrogen-bond donors (Lipinski definition) is 1. The van der Waals surface area contributed by atoms with E-state index >= 15 is 0 Å². The van der Waals surface area contributed by atoms with E-state index in [0.29, 0.717) is 11.4 Å². The van der Waals surface area contributed by atoms with E-state index in [1.165, 1.54) is 13.2 Å². The highest BCUT2D eigenvalue weighted by Crippen LogP contribution is 2.26. The van der Waals surface area contributed by atoms with E-state index in [4.69, 9.17) is 13.6 Å². The maximum atomic E-state index is 12.4. The van der Waals surface area contributed by atoms with E-state index in [1.807, 2.05) is 0 Å². The Morgan fingerprint density at radius 1 is 1.20 bits per heavy atom. The molecule has 0 saturated heterocycles. The fourth-order valence-corrected chi connectivity index (χ4v) is 2.33. The molecule has 0 saturated carbocycles. The van der Waals surface area contributed by atoms with Gasteiger partial charge >= 0.3 is 5.97 Å². The lowest BCUT2D eigenvalue weighted by Crippen LogP contribution is -2.11. The number of esters is 1. The maximum absolute atomic E-state index is 12.4. The van der Waals surface area contributed by atoms with Crippen molar-refractivity contribution in [2.24, 2.45) is 0 Å². The minimum atomic E-state index is -0.627. The Morgan fingerprint density at radius 3 is 2.76 bits per heavy atom. The summed E-state index contributed by atoms with van der Waals surface area (Å²) < 4.78 is 15.9. The molecule has 1 N–H and O–H groups in total. The van der Waals surface area contributed by atoms with Gasteiger partial charge in [-0.1, -0.05) is 12.1 Å². The predicted octanol–water partition coefficient (Wildman–Crippen LogP) is 3.81. The Labute approximate surface area is 143 Å². The van der Waals surface area contributed by atoms with Gasteiger partial charge in [0, 0.05) is 12.6 Å². The Morgan fingerprint density at radius 2 is 2.04 bits per heavy atom. The highest BCUT2D eigenvalue weighted by atomic mass is 16.5. The van der Waals surface area contributed by atoms with Gasteiger partial charge in [-0.3, -0.25) is 4.79 Å². The number of aromatic nitrogens is 1. The minimum absolute atomic E-state index is 0.0415.